The summed E-state index contributed by atoms with van der Waals surface area (Å²) < 4.78 is 20.7. The molecule has 0 aliphatic rings. The van der Waals surface area contributed by atoms with Gasteiger partial charge in [0.2, 0.25) is 0 Å². The third-order valence-corrected chi connectivity index (χ3v) is 4.92. The number of nitrogens with zero attached hydrogens (tertiary/aromatic N) is 3. The Hall–Kier alpha value is -2.60. The number of allylic oxidation sites excluding steroid dienone is 1. The van der Waals surface area contributed by atoms with Gasteiger partial charge in [-0.15, -0.1) is 16.8 Å². The lowest BCUT2D eigenvalue weighted by Gasteiger charge is -2.10. The molecule has 3 rings (SSSR count). The zero-order valence-electron chi connectivity index (χ0n) is 14.6. The maximum absolute atomic E-state index is 13.0. The molecule has 1 heterocycles. The minimum absolute atomic E-state index is 0.261. The van der Waals surface area contributed by atoms with Gasteiger partial charge in [-0.2, -0.15) is 0 Å². The van der Waals surface area contributed by atoms with Gasteiger partial charge in [-0.3, -0.25) is 4.57 Å². The largest absolute Gasteiger partial charge is 0.486 e. The van der Waals surface area contributed by atoms with Crippen LogP contribution in [-0.2, 0) is 18.9 Å². The second-order valence-electron chi connectivity index (χ2n) is 5.76. The third kappa shape index (κ3) is 4.52. The van der Waals surface area contributed by atoms with Crippen molar-refractivity contribution in [1.82, 2.24) is 14.8 Å². The van der Waals surface area contributed by atoms with Gasteiger partial charge in [0.1, 0.15) is 18.2 Å². The van der Waals surface area contributed by atoms with Gasteiger partial charge in [0.15, 0.2) is 11.0 Å². The molecule has 6 heteroatoms. The second kappa shape index (κ2) is 8.67. The van der Waals surface area contributed by atoms with E-state index >= 15 is 0 Å². The van der Waals surface area contributed by atoms with Gasteiger partial charge in [0.25, 0.3) is 0 Å². The summed E-state index contributed by atoms with van der Waals surface area (Å²) in [5.74, 6) is 1.83. The SMILES string of the molecule is C=CCn1c(COc2ccc(F)cc2)nnc1SCc1ccccc1C. The molecule has 1 aromatic heterocycles. The molecule has 0 saturated heterocycles. The Kier molecular flexibility index (Phi) is 6.07. The van der Waals surface area contributed by atoms with Crippen LogP contribution in [0.1, 0.15) is 17.0 Å². The summed E-state index contributed by atoms with van der Waals surface area (Å²) in [5.41, 5.74) is 2.53. The molecule has 0 aliphatic heterocycles. The summed E-state index contributed by atoms with van der Waals surface area (Å²) in [6.07, 6.45) is 1.81. The molecule has 0 radical (unpaired) electrons. The summed E-state index contributed by atoms with van der Waals surface area (Å²) in [6.45, 7) is 6.78. The molecule has 0 aliphatic carbocycles. The van der Waals surface area contributed by atoms with E-state index in [-0.39, 0.29) is 12.4 Å². The summed E-state index contributed by atoms with van der Waals surface area (Å²) in [5, 5.41) is 9.37. The Morgan fingerprint density at radius 1 is 1.15 bits per heavy atom. The van der Waals surface area contributed by atoms with E-state index in [2.05, 4.69) is 35.8 Å². The Balaban J connectivity index is 1.70. The predicted molar refractivity (Wildman–Crippen MR) is 102 cm³/mol. The lowest BCUT2D eigenvalue weighted by atomic mass is 10.1. The zero-order valence-corrected chi connectivity index (χ0v) is 15.4. The molecular weight excluding hydrogens is 349 g/mol. The normalized spacial score (nSPS) is 10.7. The molecule has 0 saturated carbocycles. The molecule has 0 atom stereocenters. The van der Waals surface area contributed by atoms with Crippen molar-refractivity contribution in [2.75, 3.05) is 0 Å². The standard InChI is InChI=1S/C20H20FN3OS/c1-3-12-24-19(13-25-18-10-8-17(21)9-11-18)22-23-20(24)26-14-16-7-5-4-6-15(16)2/h3-11H,1,12-14H2,2H3. The number of thioether (sulfide) groups is 1. The van der Waals surface area contributed by atoms with Crippen molar-refractivity contribution < 1.29 is 9.13 Å². The minimum atomic E-state index is -0.290. The summed E-state index contributed by atoms with van der Waals surface area (Å²) in [7, 11) is 0. The molecule has 134 valence electrons. The van der Waals surface area contributed by atoms with Crippen LogP contribution in [0.25, 0.3) is 0 Å². The summed E-state index contributed by atoms with van der Waals surface area (Å²) >= 11 is 1.64. The fourth-order valence-corrected chi connectivity index (χ4v) is 3.48. The first-order chi connectivity index (χ1) is 12.7. The van der Waals surface area contributed by atoms with Crippen molar-refractivity contribution in [3.8, 4) is 5.75 Å². The maximum Gasteiger partial charge on any atom is 0.191 e. The molecule has 0 spiro atoms. The molecule has 0 N–H and O–H groups in total. The Morgan fingerprint density at radius 2 is 1.92 bits per heavy atom. The Morgan fingerprint density at radius 3 is 2.65 bits per heavy atom. The van der Waals surface area contributed by atoms with E-state index in [4.69, 9.17) is 4.74 Å². The molecular formula is C20H20FN3OS. The van der Waals surface area contributed by atoms with Crippen molar-refractivity contribution in [2.24, 2.45) is 0 Å². The van der Waals surface area contributed by atoms with Crippen LogP contribution in [0.3, 0.4) is 0 Å². The van der Waals surface area contributed by atoms with Crippen LogP contribution >= 0.6 is 11.8 Å². The average Bonchev–Trinajstić information content (AvgIpc) is 3.03. The number of aromatic nitrogens is 3. The first-order valence-corrected chi connectivity index (χ1v) is 9.24. The van der Waals surface area contributed by atoms with Gasteiger partial charge in [-0.05, 0) is 42.3 Å². The molecule has 2 aromatic carbocycles. The zero-order chi connectivity index (χ0) is 18.4. The van der Waals surface area contributed by atoms with E-state index in [0.717, 1.165) is 10.9 Å². The average molecular weight is 369 g/mol. The van der Waals surface area contributed by atoms with Crippen LogP contribution in [0.5, 0.6) is 5.75 Å². The highest BCUT2D eigenvalue weighted by atomic mass is 32.2. The van der Waals surface area contributed by atoms with E-state index < -0.39 is 0 Å². The molecule has 0 amide bonds. The molecule has 26 heavy (non-hydrogen) atoms. The Labute approximate surface area is 156 Å². The number of hydrogen-bond donors (Lipinski definition) is 0. The van der Waals surface area contributed by atoms with Gasteiger partial charge in [-0.25, -0.2) is 4.39 Å². The number of ether oxygens (including phenoxy) is 1. The van der Waals surface area contributed by atoms with Gasteiger partial charge >= 0.3 is 0 Å². The fraction of sp³-hybridized carbons (Fsp3) is 0.200. The molecule has 0 fully saturated rings. The van der Waals surface area contributed by atoms with Crippen LogP contribution in [0.2, 0.25) is 0 Å². The van der Waals surface area contributed by atoms with E-state index in [1.807, 2.05) is 22.8 Å². The van der Waals surface area contributed by atoms with Crippen LogP contribution in [0, 0.1) is 12.7 Å². The summed E-state index contributed by atoms with van der Waals surface area (Å²) in [4.78, 5) is 0. The summed E-state index contributed by atoms with van der Waals surface area (Å²) in [6, 6.07) is 14.2. The molecule has 3 aromatic rings. The van der Waals surface area contributed by atoms with Crippen LogP contribution in [-0.4, -0.2) is 14.8 Å². The van der Waals surface area contributed by atoms with E-state index in [1.54, 1.807) is 23.9 Å². The number of halogens is 1. The highest BCUT2D eigenvalue weighted by Gasteiger charge is 2.13. The third-order valence-electron chi connectivity index (χ3n) is 3.90. The molecule has 0 unspecified atom stereocenters. The molecule has 0 bridgehead atoms. The van der Waals surface area contributed by atoms with Crippen molar-refractivity contribution in [3.63, 3.8) is 0 Å². The van der Waals surface area contributed by atoms with E-state index in [1.165, 1.54) is 23.3 Å². The quantitative estimate of drug-likeness (QED) is 0.423. The van der Waals surface area contributed by atoms with E-state index in [9.17, 15) is 4.39 Å². The van der Waals surface area contributed by atoms with E-state index in [0.29, 0.717) is 18.1 Å². The van der Waals surface area contributed by atoms with Crippen molar-refractivity contribution in [2.45, 2.75) is 31.0 Å². The fourth-order valence-electron chi connectivity index (χ4n) is 2.44. The predicted octanol–water partition coefficient (Wildman–Crippen LogP) is 4.78. The van der Waals surface area contributed by atoms with Gasteiger partial charge in [0.05, 0.1) is 0 Å². The maximum atomic E-state index is 13.0. The Bertz CT molecular complexity index is 877. The van der Waals surface area contributed by atoms with Crippen molar-refractivity contribution in [3.05, 3.63) is 84.0 Å². The van der Waals surface area contributed by atoms with Crippen LogP contribution in [0.4, 0.5) is 4.39 Å². The first-order valence-electron chi connectivity index (χ1n) is 8.26. The number of aryl methyl sites for hydroxylation is 1. The number of benzene rings is 2. The number of rotatable bonds is 8. The second-order valence-corrected chi connectivity index (χ2v) is 6.70. The lowest BCUT2D eigenvalue weighted by Crippen LogP contribution is -2.07. The topological polar surface area (TPSA) is 39.9 Å². The highest BCUT2D eigenvalue weighted by molar-refractivity contribution is 7.98. The van der Waals surface area contributed by atoms with Gasteiger partial charge < -0.3 is 4.74 Å². The lowest BCUT2D eigenvalue weighted by molar-refractivity contribution is 0.288. The highest BCUT2D eigenvalue weighted by Crippen LogP contribution is 2.24. The monoisotopic (exact) mass is 369 g/mol. The van der Waals surface area contributed by atoms with Crippen LogP contribution < -0.4 is 4.74 Å². The minimum Gasteiger partial charge on any atom is -0.486 e. The molecule has 4 nitrogen and oxygen atoms in total. The van der Waals surface area contributed by atoms with Gasteiger partial charge in [0, 0.05) is 12.3 Å². The van der Waals surface area contributed by atoms with Crippen molar-refractivity contribution in [1.29, 1.82) is 0 Å². The van der Waals surface area contributed by atoms with Crippen molar-refractivity contribution >= 4 is 11.8 Å². The van der Waals surface area contributed by atoms with Gasteiger partial charge in [-0.1, -0.05) is 42.1 Å². The number of hydrogen-bond acceptors (Lipinski definition) is 4. The smallest absolute Gasteiger partial charge is 0.191 e. The first kappa shape index (κ1) is 18.2. The van der Waals surface area contributed by atoms with Crippen LogP contribution in [0.15, 0.2) is 66.3 Å².